The molecule has 0 fully saturated rings. The third kappa shape index (κ3) is 7.59. The fourth-order valence-electron chi connectivity index (χ4n) is 5.17. The van der Waals surface area contributed by atoms with Crippen LogP contribution in [0.3, 0.4) is 0 Å². The SMILES string of the molecule is O=C(Nc1ccc2ccc(S(=O)(=O)Nc3ccc(F)c(C(=O)O)c3)cc2c1)Nc1ccc2ccc(S(=O)(=O)Nc3ccc(F)c(C(=O)O)c3)cc2c1. The third-order valence-electron chi connectivity index (χ3n) is 7.66. The molecule has 2 amide bonds. The van der Waals surface area contributed by atoms with Gasteiger partial charge in [0.2, 0.25) is 0 Å². The summed E-state index contributed by atoms with van der Waals surface area (Å²) in [5.41, 5.74) is -1.13. The number of hydrogen-bond acceptors (Lipinski definition) is 7. The standard InChI is InChI=1S/C35H24F2N4O9S2/c36-31-11-7-25(17-29(31)33(42)43)40-51(47,48)27-9-3-19-1-5-23(13-21(19)15-27)38-35(46)39-24-6-2-20-4-10-28(16-22(20)14-24)52(49,50)41-26-8-12-32(37)30(18-26)34(44)45/h1-18,40-41H,(H,42,43)(H,44,45)(H2,38,39,46). The van der Waals surface area contributed by atoms with Crippen LogP contribution in [0.25, 0.3) is 21.5 Å². The normalized spacial score (nSPS) is 11.6. The maximum Gasteiger partial charge on any atom is 0.338 e. The summed E-state index contributed by atoms with van der Waals surface area (Å²) in [6, 6.07) is 22.8. The highest BCUT2D eigenvalue weighted by Gasteiger charge is 2.20. The number of benzene rings is 6. The Hall–Kier alpha value is -6.59. The summed E-state index contributed by atoms with van der Waals surface area (Å²) in [5.74, 6) is -5.18. The second-order valence-corrected chi connectivity index (χ2v) is 14.6. The maximum atomic E-state index is 13.8. The van der Waals surface area contributed by atoms with Crippen LogP contribution in [0.4, 0.5) is 36.3 Å². The van der Waals surface area contributed by atoms with Crippen molar-refractivity contribution in [3.05, 3.63) is 132 Å². The number of urea groups is 1. The predicted molar refractivity (Wildman–Crippen MR) is 189 cm³/mol. The monoisotopic (exact) mass is 746 g/mol. The number of halogens is 2. The minimum atomic E-state index is -4.23. The highest BCUT2D eigenvalue weighted by Crippen LogP contribution is 2.27. The Labute approximate surface area is 293 Å². The van der Waals surface area contributed by atoms with Crippen molar-refractivity contribution in [3.63, 3.8) is 0 Å². The van der Waals surface area contributed by atoms with Crippen LogP contribution in [0.2, 0.25) is 0 Å². The minimum Gasteiger partial charge on any atom is -0.478 e. The van der Waals surface area contributed by atoms with E-state index < -0.39 is 60.8 Å². The van der Waals surface area contributed by atoms with Crippen molar-refractivity contribution in [2.24, 2.45) is 0 Å². The molecule has 6 rings (SSSR count). The number of rotatable bonds is 10. The highest BCUT2D eigenvalue weighted by atomic mass is 32.2. The molecular weight excluding hydrogens is 723 g/mol. The molecular formula is C35H24F2N4O9S2. The lowest BCUT2D eigenvalue weighted by molar-refractivity contribution is 0.0680. The quantitative estimate of drug-likeness (QED) is 0.0859. The molecule has 0 radical (unpaired) electrons. The average molecular weight is 747 g/mol. The van der Waals surface area contributed by atoms with Crippen molar-refractivity contribution in [2.45, 2.75) is 9.79 Å². The molecule has 6 N–H and O–H groups in total. The van der Waals surface area contributed by atoms with Gasteiger partial charge in [-0.15, -0.1) is 0 Å². The molecule has 0 bridgehead atoms. The molecule has 0 aliphatic rings. The van der Waals surface area contributed by atoms with E-state index in [1.54, 1.807) is 24.3 Å². The Morgan fingerprint density at radius 1 is 0.462 bits per heavy atom. The van der Waals surface area contributed by atoms with Gasteiger partial charge < -0.3 is 20.8 Å². The summed E-state index contributed by atoms with van der Waals surface area (Å²) in [6.07, 6.45) is 0. The van der Waals surface area contributed by atoms with Crippen molar-refractivity contribution in [2.75, 3.05) is 20.1 Å². The number of carboxylic acid groups (broad SMARTS) is 2. The Balaban J connectivity index is 1.17. The van der Waals surface area contributed by atoms with Gasteiger partial charge in [-0.1, -0.05) is 24.3 Å². The van der Waals surface area contributed by atoms with Gasteiger partial charge in [0.15, 0.2) is 0 Å². The second-order valence-electron chi connectivity index (χ2n) is 11.2. The van der Waals surface area contributed by atoms with Crippen molar-refractivity contribution in [1.29, 1.82) is 0 Å². The van der Waals surface area contributed by atoms with E-state index in [4.69, 9.17) is 10.2 Å². The van der Waals surface area contributed by atoms with Crippen molar-refractivity contribution in [1.82, 2.24) is 0 Å². The van der Waals surface area contributed by atoms with Gasteiger partial charge in [0.1, 0.15) is 11.6 Å². The number of sulfonamides is 2. The zero-order chi connectivity index (χ0) is 37.4. The first-order valence-corrected chi connectivity index (χ1v) is 17.8. The first-order valence-electron chi connectivity index (χ1n) is 14.8. The van der Waals surface area contributed by atoms with Crippen LogP contribution < -0.4 is 20.1 Å². The topological polar surface area (TPSA) is 208 Å². The van der Waals surface area contributed by atoms with Crippen molar-refractivity contribution >= 4 is 82.3 Å². The first-order chi connectivity index (χ1) is 24.6. The summed E-state index contributed by atoms with van der Waals surface area (Å²) >= 11 is 0. The molecule has 0 unspecified atom stereocenters. The molecule has 0 heterocycles. The lowest BCUT2D eigenvalue weighted by atomic mass is 10.1. The number of fused-ring (bicyclic) bond motifs is 2. The number of anilines is 4. The van der Waals surface area contributed by atoms with Crippen LogP contribution in [0.15, 0.2) is 119 Å². The molecule has 6 aromatic rings. The number of nitrogens with one attached hydrogen (secondary N) is 4. The predicted octanol–water partition coefficient (Wildman–Crippen LogP) is 6.91. The van der Waals surface area contributed by atoms with E-state index in [9.17, 15) is 40.0 Å². The molecule has 0 aromatic heterocycles. The van der Waals surface area contributed by atoms with Gasteiger partial charge in [-0.3, -0.25) is 9.44 Å². The smallest absolute Gasteiger partial charge is 0.338 e. The number of carbonyl (C=O) groups is 3. The lowest BCUT2D eigenvalue weighted by Crippen LogP contribution is -2.19. The Morgan fingerprint density at radius 3 is 1.21 bits per heavy atom. The largest absolute Gasteiger partial charge is 0.478 e. The van der Waals surface area contributed by atoms with E-state index >= 15 is 0 Å². The summed E-state index contributed by atoms with van der Waals surface area (Å²) in [4.78, 5) is 35.1. The fraction of sp³-hybridized carbons (Fsp3) is 0. The average Bonchev–Trinajstić information content (AvgIpc) is 3.08. The summed E-state index contributed by atoms with van der Waals surface area (Å²) in [7, 11) is -8.46. The molecule has 52 heavy (non-hydrogen) atoms. The van der Waals surface area contributed by atoms with E-state index in [1.165, 1.54) is 48.5 Å². The minimum absolute atomic E-state index is 0.157. The zero-order valence-electron chi connectivity index (χ0n) is 26.2. The lowest BCUT2D eigenvalue weighted by Gasteiger charge is -2.12. The molecule has 0 aliphatic heterocycles. The number of carbonyl (C=O) groups excluding carboxylic acids is 1. The molecule has 17 heteroatoms. The van der Waals surface area contributed by atoms with Gasteiger partial charge in [0, 0.05) is 22.7 Å². The van der Waals surface area contributed by atoms with Crippen molar-refractivity contribution < 1.29 is 50.2 Å². The van der Waals surface area contributed by atoms with E-state index in [0.717, 1.165) is 36.4 Å². The Morgan fingerprint density at radius 2 is 0.827 bits per heavy atom. The molecule has 264 valence electrons. The molecule has 0 aliphatic carbocycles. The van der Waals surface area contributed by atoms with Crippen LogP contribution in [0, 0.1) is 11.6 Å². The maximum absolute atomic E-state index is 13.8. The Kier molecular flexibility index (Phi) is 9.23. The number of carboxylic acids is 2. The van der Waals surface area contributed by atoms with E-state index in [2.05, 4.69) is 20.1 Å². The van der Waals surface area contributed by atoms with Gasteiger partial charge in [0.25, 0.3) is 20.0 Å². The number of aromatic carboxylic acids is 2. The summed E-state index contributed by atoms with van der Waals surface area (Å²) in [6.45, 7) is 0. The molecule has 13 nitrogen and oxygen atoms in total. The second kappa shape index (κ2) is 13.6. The Bertz CT molecular complexity index is 2510. The van der Waals surface area contributed by atoms with Gasteiger partial charge >= 0.3 is 18.0 Å². The fourth-order valence-corrected chi connectivity index (χ4v) is 7.34. The number of hydrogen-bond donors (Lipinski definition) is 6. The van der Waals surface area contributed by atoms with Gasteiger partial charge in [0.05, 0.1) is 20.9 Å². The molecule has 0 saturated carbocycles. The summed E-state index contributed by atoms with van der Waals surface area (Å²) in [5, 5.41) is 25.7. The van der Waals surface area contributed by atoms with Crippen LogP contribution in [-0.2, 0) is 20.0 Å². The van der Waals surface area contributed by atoms with Crippen LogP contribution >= 0.6 is 0 Å². The van der Waals surface area contributed by atoms with Crippen LogP contribution in [0.5, 0.6) is 0 Å². The molecule has 0 saturated heterocycles. The number of amides is 2. The first kappa shape index (κ1) is 35.2. The highest BCUT2D eigenvalue weighted by molar-refractivity contribution is 7.93. The zero-order valence-corrected chi connectivity index (χ0v) is 27.8. The van der Waals surface area contributed by atoms with Crippen LogP contribution in [0.1, 0.15) is 20.7 Å². The van der Waals surface area contributed by atoms with Gasteiger partial charge in [-0.05, 0) is 106 Å². The van der Waals surface area contributed by atoms with Gasteiger partial charge in [-0.2, -0.15) is 0 Å². The van der Waals surface area contributed by atoms with E-state index in [1.807, 2.05) is 0 Å². The van der Waals surface area contributed by atoms with E-state index in [0.29, 0.717) is 32.9 Å². The third-order valence-corrected chi connectivity index (χ3v) is 10.4. The van der Waals surface area contributed by atoms with E-state index in [-0.39, 0.29) is 21.2 Å². The van der Waals surface area contributed by atoms with Gasteiger partial charge in [-0.25, -0.2) is 40.0 Å². The van der Waals surface area contributed by atoms with Crippen LogP contribution in [-0.4, -0.2) is 45.0 Å². The van der Waals surface area contributed by atoms with Crippen molar-refractivity contribution in [3.8, 4) is 0 Å². The molecule has 0 atom stereocenters. The molecule has 6 aromatic carbocycles. The molecule has 0 spiro atoms. The summed E-state index contributed by atoms with van der Waals surface area (Å²) < 4.78 is 84.3.